The number of carboxylic acids is 1. The van der Waals surface area contributed by atoms with E-state index in [9.17, 15) is 14.4 Å². The molecule has 0 spiro atoms. The number of nitrogens with one attached hydrogen (secondary N) is 1. The van der Waals surface area contributed by atoms with Gasteiger partial charge >= 0.3 is 11.9 Å². The second kappa shape index (κ2) is 8.49. The molecule has 0 aliphatic heterocycles. The van der Waals surface area contributed by atoms with Gasteiger partial charge in [-0.1, -0.05) is 30.3 Å². The molecule has 0 aromatic heterocycles. The highest BCUT2D eigenvalue weighted by Gasteiger charge is 2.18. The van der Waals surface area contributed by atoms with Crippen LogP contribution in [0.25, 0.3) is 0 Å². The highest BCUT2D eigenvalue weighted by molar-refractivity contribution is 5.94. The van der Waals surface area contributed by atoms with Gasteiger partial charge in [-0.25, -0.2) is 4.79 Å². The molecule has 0 heterocycles. The van der Waals surface area contributed by atoms with E-state index in [1.807, 2.05) is 0 Å². The van der Waals surface area contributed by atoms with Crippen molar-refractivity contribution in [2.45, 2.75) is 39.2 Å². The number of rotatable bonds is 6. The Kier molecular flexibility index (Phi) is 6.34. The topological polar surface area (TPSA) is 92.7 Å². The quantitative estimate of drug-likeness (QED) is 0.761. The zero-order chi connectivity index (χ0) is 20.0. The summed E-state index contributed by atoms with van der Waals surface area (Å²) in [6.45, 7) is 5.39. The van der Waals surface area contributed by atoms with Crippen molar-refractivity contribution < 1.29 is 24.2 Å². The number of carbonyl (C=O) groups is 3. The number of anilines is 1. The molecule has 0 fully saturated rings. The van der Waals surface area contributed by atoms with Gasteiger partial charge in [-0.05, 0) is 50.1 Å². The largest absolute Gasteiger partial charge is 0.478 e. The second-order valence-electron chi connectivity index (χ2n) is 7.15. The van der Waals surface area contributed by atoms with E-state index in [2.05, 4.69) is 5.32 Å². The molecule has 0 bridgehead atoms. The Morgan fingerprint density at radius 2 is 1.70 bits per heavy atom. The molecular formula is C21H23NO5. The summed E-state index contributed by atoms with van der Waals surface area (Å²) in [6.07, 6.45) is 0.0735. The average Bonchev–Trinajstić information content (AvgIpc) is 2.55. The van der Waals surface area contributed by atoms with E-state index >= 15 is 0 Å². The molecule has 6 nitrogen and oxygen atoms in total. The van der Waals surface area contributed by atoms with E-state index in [1.165, 1.54) is 12.1 Å². The first-order chi connectivity index (χ1) is 12.6. The fraction of sp³-hybridized carbons (Fsp3) is 0.286. The number of amides is 1. The van der Waals surface area contributed by atoms with E-state index in [1.54, 1.807) is 57.2 Å². The van der Waals surface area contributed by atoms with Gasteiger partial charge in [0.25, 0.3) is 0 Å². The molecule has 2 rings (SSSR count). The Balaban J connectivity index is 2.07. The standard InChI is InChI=1S/C21H23NO5/c1-21(2,3)27-19(24)13-15-8-4-5-10-17(15)22-18(23)12-14-7-6-9-16(11-14)20(25)26/h4-11H,12-13H2,1-3H3,(H,22,23)(H,25,26). The lowest BCUT2D eigenvalue weighted by molar-refractivity contribution is -0.153. The minimum Gasteiger partial charge on any atom is -0.478 e. The van der Waals surface area contributed by atoms with Crippen molar-refractivity contribution >= 4 is 23.5 Å². The van der Waals surface area contributed by atoms with E-state index in [4.69, 9.17) is 9.84 Å². The van der Waals surface area contributed by atoms with Crippen LogP contribution in [-0.2, 0) is 27.2 Å². The summed E-state index contributed by atoms with van der Waals surface area (Å²) < 4.78 is 5.33. The number of hydrogen-bond donors (Lipinski definition) is 2. The SMILES string of the molecule is CC(C)(C)OC(=O)Cc1ccccc1NC(=O)Cc1cccc(C(=O)O)c1. The van der Waals surface area contributed by atoms with E-state index in [0.29, 0.717) is 16.8 Å². The number of hydrogen-bond acceptors (Lipinski definition) is 4. The maximum atomic E-state index is 12.4. The van der Waals surface area contributed by atoms with Crippen LogP contribution in [0.1, 0.15) is 42.3 Å². The molecule has 6 heteroatoms. The Morgan fingerprint density at radius 1 is 1.00 bits per heavy atom. The smallest absolute Gasteiger partial charge is 0.335 e. The zero-order valence-electron chi connectivity index (χ0n) is 15.6. The third kappa shape index (κ3) is 6.58. The van der Waals surface area contributed by atoms with Crippen molar-refractivity contribution in [2.24, 2.45) is 0 Å². The zero-order valence-corrected chi connectivity index (χ0v) is 15.6. The van der Waals surface area contributed by atoms with Gasteiger partial charge in [0.05, 0.1) is 18.4 Å². The molecule has 0 aliphatic carbocycles. The second-order valence-corrected chi connectivity index (χ2v) is 7.15. The van der Waals surface area contributed by atoms with E-state index in [0.717, 1.165) is 0 Å². The number of carboxylic acid groups (broad SMARTS) is 1. The number of para-hydroxylation sites is 1. The first-order valence-electron chi connectivity index (χ1n) is 8.56. The third-order valence-electron chi connectivity index (χ3n) is 3.58. The first kappa shape index (κ1) is 20.2. The van der Waals surface area contributed by atoms with Gasteiger partial charge < -0.3 is 15.2 Å². The lowest BCUT2D eigenvalue weighted by Gasteiger charge is -2.20. The molecule has 142 valence electrons. The molecule has 0 unspecified atom stereocenters. The monoisotopic (exact) mass is 369 g/mol. The molecule has 0 saturated heterocycles. The lowest BCUT2D eigenvalue weighted by Crippen LogP contribution is -2.25. The van der Waals surface area contributed by atoms with Crippen LogP contribution in [0.3, 0.4) is 0 Å². The fourth-order valence-electron chi connectivity index (χ4n) is 2.52. The summed E-state index contributed by atoms with van der Waals surface area (Å²) in [5.41, 5.74) is 1.33. The molecule has 0 aliphatic rings. The van der Waals surface area contributed by atoms with Crippen LogP contribution in [0.2, 0.25) is 0 Å². The maximum absolute atomic E-state index is 12.4. The van der Waals surface area contributed by atoms with E-state index in [-0.39, 0.29) is 30.3 Å². The summed E-state index contributed by atoms with van der Waals surface area (Å²) >= 11 is 0. The van der Waals surface area contributed by atoms with Crippen LogP contribution in [0.4, 0.5) is 5.69 Å². The molecule has 0 atom stereocenters. The predicted octanol–water partition coefficient (Wildman–Crippen LogP) is 3.45. The van der Waals surface area contributed by atoms with Gasteiger partial charge in [-0.15, -0.1) is 0 Å². The number of carbonyl (C=O) groups excluding carboxylic acids is 2. The fourth-order valence-corrected chi connectivity index (χ4v) is 2.52. The molecule has 0 radical (unpaired) electrons. The highest BCUT2D eigenvalue weighted by Crippen LogP contribution is 2.18. The van der Waals surface area contributed by atoms with Crippen LogP contribution < -0.4 is 5.32 Å². The van der Waals surface area contributed by atoms with Crippen molar-refractivity contribution in [1.29, 1.82) is 0 Å². The van der Waals surface area contributed by atoms with Gasteiger partial charge in [0.15, 0.2) is 0 Å². The summed E-state index contributed by atoms with van der Waals surface area (Å²) in [4.78, 5) is 35.5. The van der Waals surface area contributed by atoms with Crippen molar-refractivity contribution in [3.05, 3.63) is 65.2 Å². The summed E-state index contributed by atoms with van der Waals surface area (Å²) in [6, 6.07) is 13.2. The summed E-state index contributed by atoms with van der Waals surface area (Å²) in [5.74, 6) is -1.72. The van der Waals surface area contributed by atoms with Crippen LogP contribution in [0.5, 0.6) is 0 Å². The normalized spacial score (nSPS) is 10.9. The Hall–Kier alpha value is -3.15. The molecule has 0 saturated carbocycles. The number of ether oxygens (including phenoxy) is 1. The molecule has 2 N–H and O–H groups in total. The highest BCUT2D eigenvalue weighted by atomic mass is 16.6. The number of benzene rings is 2. The summed E-state index contributed by atoms with van der Waals surface area (Å²) in [5, 5.41) is 11.8. The molecular weight excluding hydrogens is 346 g/mol. The van der Waals surface area contributed by atoms with Gasteiger partial charge in [-0.2, -0.15) is 0 Å². The maximum Gasteiger partial charge on any atom is 0.335 e. The Morgan fingerprint density at radius 3 is 2.37 bits per heavy atom. The van der Waals surface area contributed by atoms with Crippen molar-refractivity contribution in [3.63, 3.8) is 0 Å². The van der Waals surface area contributed by atoms with Crippen LogP contribution in [0.15, 0.2) is 48.5 Å². The molecule has 27 heavy (non-hydrogen) atoms. The lowest BCUT2D eigenvalue weighted by atomic mass is 10.1. The Bertz CT molecular complexity index is 852. The van der Waals surface area contributed by atoms with Crippen molar-refractivity contribution in [1.82, 2.24) is 0 Å². The number of esters is 1. The average molecular weight is 369 g/mol. The molecule has 2 aromatic carbocycles. The van der Waals surface area contributed by atoms with Gasteiger partial charge in [-0.3, -0.25) is 9.59 Å². The van der Waals surface area contributed by atoms with Crippen LogP contribution >= 0.6 is 0 Å². The third-order valence-corrected chi connectivity index (χ3v) is 3.58. The van der Waals surface area contributed by atoms with Crippen LogP contribution in [0, 0.1) is 0 Å². The molecule has 2 aromatic rings. The Labute approximate surface area is 158 Å². The first-order valence-corrected chi connectivity index (χ1v) is 8.56. The minimum atomic E-state index is -1.04. The molecule has 1 amide bonds. The summed E-state index contributed by atoms with van der Waals surface area (Å²) in [7, 11) is 0. The minimum absolute atomic E-state index is 0.0297. The van der Waals surface area contributed by atoms with E-state index < -0.39 is 11.6 Å². The van der Waals surface area contributed by atoms with Crippen molar-refractivity contribution in [3.8, 4) is 0 Å². The number of aromatic carboxylic acids is 1. The van der Waals surface area contributed by atoms with Crippen LogP contribution in [-0.4, -0.2) is 28.6 Å². The van der Waals surface area contributed by atoms with Crippen molar-refractivity contribution in [2.75, 3.05) is 5.32 Å². The van der Waals surface area contributed by atoms with Gasteiger partial charge in [0, 0.05) is 5.69 Å². The van der Waals surface area contributed by atoms with Gasteiger partial charge in [0.2, 0.25) is 5.91 Å². The predicted molar refractivity (Wildman–Crippen MR) is 102 cm³/mol. The van der Waals surface area contributed by atoms with Gasteiger partial charge in [0.1, 0.15) is 5.60 Å².